The van der Waals surface area contributed by atoms with Gasteiger partial charge in [0, 0.05) is 12.6 Å². The van der Waals surface area contributed by atoms with Crippen molar-refractivity contribution in [1.29, 1.82) is 0 Å². The van der Waals surface area contributed by atoms with Crippen molar-refractivity contribution in [3.8, 4) is 0 Å². The molecule has 1 atom stereocenters. The lowest BCUT2D eigenvalue weighted by atomic mass is 10.0. The van der Waals surface area contributed by atoms with Gasteiger partial charge in [-0.25, -0.2) is 0 Å². The fourth-order valence-corrected chi connectivity index (χ4v) is 1.12. The number of hydrogen-bond acceptors (Lipinski definition) is 1. The Balaban J connectivity index is 3.61. The van der Waals surface area contributed by atoms with E-state index in [1.165, 1.54) is 6.42 Å². The third-order valence-corrected chi connectivity index (χ3v) is 1.90. The molecule has 0 aromatic rings. The largest absolute Gasteiger partial charge is 0.370 e. The smallest absolute Gasteiger partial charge is 0.188 e. The highest BCUT2D eigenvalue weighted by Gasteiger charge is 2.03. The summed E-state index contributed by atoms with van der Waals surface area (Å²) in [5.41, 5.74) is 5.63. The van der Waals surface area contributed by atoms with Crippen LogP contribution in [0.5, 0.6) is 0 Å². The quantitative estimate of drug-likeness (QED) is 0.506. The number of nitrogens with one attached hydrogen (secondary N) is 1. The summed E-state index contributed by atoms with van der Waals surface area (Å²) in [5.74, 6) is 1.33. The van der Waals surface area contributed by atoms with E-state index in [1.54, 1.807) is 0 Å². The van der Waals surface area contributed by atoms with Crippen LogP contribution in [0.4, 0.5) is 0 Å². The maximum Gasteiger partial charge on any atom is 0.188 e. The average Bonchev–Trinajstić information content (AvgIpc) is 2.01. The Morgan fingerprint density at radius 2 is 1.92 bits per heavy atom. The fraction of sp³-hybridized carbons (Fsp3) is 0.900. The van der Waals surface area contributed by atoms with Gasteiger partial charge in [-0.3, -0.25) is 4.99 Å². The van der Waals surface area contributed by atoms with Crippen LogP contribution in [0.3, 0.4) is 0 Å². The summed E-state index contributed by atoms with van der Waals surface area (Å²) in [6.07, 6.45) is 2.38. The number of nitrogens with zero attached hydrogens (tertiary/aromatic N) is 1. The van der Waals surface area contributed by atoms with E-state index in [-0.39, 0.29) is 0 Å². The highest BCUT2D eigenvalue weighted by Crippen LogP contribution is 2.05. The van der Waals surface area contributed by atoms with Crippen LogP contribution in [-0.4, -0.2) is 18.5 Å². The lowest BCUT2D eigenvalue weighted by molar-refractivity contribution is 0.491. The van der Waals surface area contributed by atoms with Crippen LogP contribution in [0.2, 0.25) is 0 Å². The summed E-state index contributed by atoms with van der Waals surface area (Å²) < 4.78 is 0. The molecule has 3 heteroatoms. The van der Waals surface area contributed by atoms with Gasteiger partial charge >= 0.3 is 0 Å². The molecule has 0 spiro atoms. The zero-order chi connectivity index (χ0) is 10.3. The summed E-state index contributed by atoms with van der Waals surface area (Å²) >= 11 is 0. The van der Waals surface area contributed by atoms with Gasteiger partial charge in [0.25, 0.3) is 0 Å². The van der Waals surface area contributed by atoms with Gasteiger partial charge in [0.2, 0.25) is 0 Å². The van der Waals surface area contributed by atoms with Crippen molar-refractivity contribution in [1.82, 2.24) is 5.32 Å². The Hall–Kier alpha value is -0.730. The predicted molar refractivity (Wildman–Crippen MR) is 58.8 cm³/mol. The van der Waals surface area contributed by atoms with E-state index >= 15 is 0 Å². The Morgan fingerprint density at radius 1 is 1.31 bits per heavy atom. The van der Waals surface area contributed by atoms with Gasteiger partial charge in [0.15, 0.2) is 5.96 Å². The van der Waals surface area contributed by atoms with E-state index in [4.69, 9.17) is 5.73 Å². The minimum atomic E-state index is 0.428. The second-order valence-corrected chi connectivity index (χ2v) is 3.88. The lowest BCUT2D eigenvalue weighted by Crippen LogP contribution is -2.38. The Morgan fingerprint density at radius 3 is 2.38 bits per heavy atom. The van der Waals surface area contributed by atoms with Gasteiger partial charge in [-0.1, -0.05) is 13.8 Å². The molecule has 0 aromatic carbocycles. The minimum absolute atomic E-state index is 0.428. The van der Waals surface area contributed by atoms with Crippen molar-refractivity contribution in [3.63, 3.8) is 0 Å². The first-order valence-electron chi connectivity index (χ1n) is 5.12. The molecule has 0 aliphatic heterocycles. The van der Waals surface area contributed by atoms with Crippen molar-refractivity contribution < 1.29 is 0 Å². The van der Waals surface area contributed by atoms with Crippen molar-refractivity contribution in [2.24, 2.45) is 16.6 Å². The second-order valence-electron chi connectivity index (χ2n) is 3.88. The lowest BCUT2D eigenvalue weighted by Gasteiger charge is -2.15. The van der Waals surface area contributed by atoms with Crippen LogP contribution < -0.4 is 11.1 Å². The van der Waals surface area contributed by atoms with E-state index < -0.39 is 0 Å². The second kappa shape index (κ2) is 6.75. The first-order chi connectivity index (χ1) is 6.06. The van der Waals surface area contributed by atoms with E-state index in [9.17, 15) is 0 Å². The molecule has 0 aromatic heterocycles. The molecule has 0 bridgehead atoms. The van der Waals surface area contributed by atoms with Crippen LogP contribution in [0, 0.1) is 5.92 Å². The summed E-state index contributed by atoms with van der Waals surface area (Å²) in [6, 6.07) is 0.428. The Bertz CT molecular complexity index is 152. The van der Waals surface area contributed by atoms with Gasteiger partial charge in [0.1, 0.15) is 0 Å². The average molecular weight is 185 g/mol. The van der Waals surface area contributed by atoms with Crippen molar-refractivity contribution in [2.45, 2.75) is 46.6 Å². The monoisotopic (exact) mass is 185 g/mol. The molecule has 3 nitrogen and oxygen atoms in total. The van der Waals surface area contributed by atoms with E-state index in [0.29, 0.717) is 12.0 Å². The highest BCUT2D eigenvalue weighted by molar-refractivity contribution is 5.78. The zero-order valence-electron chi connectivity index (χ0n) is 9.30. The van der Waals surface area contributed by atoms with Crippen LogP contribution in [-0.2, 0) is 0 Å². The number of nitrogens with two attached hydrogens (primary N) is 1. The Kier molecular flexibility index (Phi) is 6.37. The van der Waals surface area contributed by atoms with Crippen molar-refractivity contribution >= 4 is 5.96 Å². The number of rotatable bonds is 5. The third kappa shape index (κ3) is 7.62. The normalized spacial score (nSPS) is 14.7. The first kappa shape index (κ1) is 12.3. The Labute approximate surface area is 81.8 Å². The molecule has 0 saturated heterocycles. The number of guanidine groups is 1. The molecule has 3 N–H and O–H groups in total. The number of hydrogen-bond donors (Lipinski definition) is 2. The maximum absolute atomic E-state index is 5.63. The molecule has 0 aliphatic rings. The molecule has 13 heavy (non-hydrogen) atoms. The van der Waals surface area contributed by atoms with Gasteiger partial charge < -0.3 is 11.1 Å². The standard InChI is InChI=1S/C10H23N3/c1-5-12-10(11)13-9(4)7-6-8(2)3/h8-9H,5-7H2,1-4H3,(H3,11,12,13). The molecule has 0 rings (SSSR count). The van der Waals surface area contributed by atoms with Crippen molar-refractivity contribution in [2.75, 3.05) is 6.54 Å². The van der Waals surface area contributed by atoms with E-state index in [0.717, 1.165) is 18.9 Å². The summed E-state index contributed by atoms with van der Waals surface area (Å²) in [7, 11) is 0. The molecule has 0 saturated carbocycles. The summed E-state index contributed by atoms with van der Waals surface area (Å²) in [6.45, 7) is 9.33. The van der Waals surface area contributed by atoms with E-state index in [1.807, 2.05) is 6.92 Å². The molecule has 0 heterocycles. The molecule has 0 aliphatic carbocycles. The minimum Gasteiger partial charge on any atom is -0.370 e. The molecule has 78 valence electrons. The summed E-state index contributed by atoms with van der Waals surface area (Å²) in [4.78, 5) is 4.07. The summed E-state index contributed by atoms with van der Waals surface area (Å²) in [5, 5.41) is 3.16. The molecule has 0 radical (unpaired) electrons. The van der Waals surface area contributed by atoms with Crippen LogP contribution in [0.25, 0.3) is 0 Å². The number of aliphatic imine (C=N–C) groups is 1. The van der Waals surface area contributed by atoms with Gasteiger partial charge in [0.05, 0.1) is 0 Å². The van der Waals surface area contributed by atoms with Crippen LogP contribution in [0.1, 0.15) is 40.5 Å². The van der Waals surface area contributed by atoms with E-state index in [2.05, 4.69) is 31.1 Å². The molecular weight excluding hydrogens is 162 g/mol. The van der Waals surface area contributed by atoms with Gasteiger partial charge in [-0.15, -0.1) is 0 Å². The maximum atomic E-state index is 5.63. The van der Waals surface area contributed by atoms with Gasteiger partial charge in [-0.05, 0) is 32.6 Å². The topological polar surface area (TPSA) is 50.4 Å². The first-order valence-corrected chi connectivity index (χ1v) is 5.12. The SMILES string of the molecule is CCN=C(N)NC(C)CCC(C)C. The van der Waals surface area contributed by atoms with Crippen molar-refractivity contribution in [3.05, 3.63) is 0 Å². The molecule has 1 unspecified atom stereocenters. The van der Waals surface area contributed by atoms with Crippen LogP contribution in [0.15, 0.2) is 4.99 Å². The highest BCUT2D eigenvalue weighted by atomic mass is 15.1. The van der Waals surface area contributed by atoms with Gasteiger partial charge in [-0.2, -0.15) is 0 Å². The molecular formula is C10H23N3. The predicted octanol–water partition coefficient (Wildman–Crippen LogP) is 1.74. The zero-order valence-corrected chi connectivity index (χ0v) is 9.30. The van der Waals surface area contributed by atoms with Crippen LogP contribution >= 0.6 is 0 Å². The molecule has 0 amide bonds. The molecule has 0 fully saturated rings. The third-order valence-electron chi connectivity index (χ3n) is 1.90. The fourth-order valence-electron chi connectivity index (χ4n) is 1.12.